The second-order valence-corrected chi connectivity index (χ2v) is 4.49. The van der Waals surface area contributed by atoms with Gasteiger partial charge in [-0.2, -0.15) is 5.10 Å². The summed E-state index contributed by atoms with van der Waals surface area (Å²) in [5.41, 5.74) is 3.77. The molecule has 2 aromatic rings. The van der Waals surface area contributed by atoms with Crippen molar-refractivity contribution in [3.63, 3.8) is 0 Å². The predicted molar refractivity (Wildman–Crippen MR) is 74.0 cm³/mol. The molecule has 19 heavy (non-hydrogen) atoms. The molecule has 2 nitrogen and oxygen atoms in total. The molecule has 0 amide bonds. The Morgan fingerprint density at radius 1 is 0.947 bits per heavy atom. The smallest absolute Gasteiger partial charge is 0.159 e. The Kier molecular flexibility index (Phi) is 4.35. The van der Waals surface area contributed by atoms with E-state index in [4.69, 9.17) is 23.2 Å². The summed E-state index contributed by atoms with van der Waals surface area (Å²) in [6.07, 6.45) is 1.37. The van der Waals surface area contributed by atoms with E-state index in [2.05, 4.69) is 10.5 Å². The Hall–Kier alpha value is -1.65. The molecule has 0 unspecified atom stereocenters. The first kappa shape index (κ1) is 13.8. The number of hydrogen-bond donors (Lipinski definition) is 1. The van der Waals surface area contributed by atoms with Crippen molar-refractivity contribution in [2.24, 2.45) is 5.10 Å². The summed E-state index contributed by atoms with van der Waals surface area (Å²) in [5, 5.41) is 4.73. The lowest BCUT2D eigenvalue weighted by atomic mass is 10.2. The fourth-order valence-electron chi connectivity index (χ4n) is 1.34. The number of rotatable bonds is 3. The first-order chi connectivity index (χ1) is 9.06. The monoisotopic (exact) mass is 300 g/mol. The van der Waals surface area contributed by atoms with Crippen molar-refractivity contribution in [1.29, 1.82) is 0 Å². The third-order valence-corrected chi connectivity index (χ3v) is 3.01. The van der Waals surface area contributed by atoms with Crippen LogP contribution in [0.1, 0.15) is 5.56 Å². The average molecular weight is 301 g/mol. The van der Waals surface area contributed by atoms with Crippen molar-refractivity contribution < 1.29 is 8.78 Å². The largest absolute Gasteiger partial charge is 0.278 e. The molecule has 0 bridgehead atoms. The minimum absolute atomic E-state index is 0.398. The highest BCUT2D eigenvalue weighted by molar-refractivity contribution is 6.42. The zero-order valence-corrected chi connectivity index (χ0v) is 11.0. The lowest BCUT2D eigenvalue weighted by Gasteiger charge is -2.02. The van der Waals surface area contributed by atoms with E-state index in [1.54, 1.807) is 18.2 Å². The van der Waals surface area contributed by atoms with Gasteiger partial charge in [0.15, 0.2) is 11.6 Å². The molecule has 0 aliphatic rings. The number of nitrogens with one attached hydrogen (secondary N) is 1. The third-order valence-electron chi connectivity index (χ3n) is 2.27. The first-order valence-electron chi connectivity index (χ1n) is 5.25. The van der Waals surface area contributed by atoms with Gasteiger partial charge in [0.05, 0.1) is 21.9 Å². The topological polar surface area (TPSA) is 24.4 Å². The Balaban J connectivity index is 2.06. The molecule has 0 atom stereocenters. The van der Waals surface area contributed by atoms with Gasteiger partial charge in [-0.3, -0.25) is 5.43 Å². The number of halogens is 4. The van der Waals surface area contributed by atoms with E-state index in [9.17, 15) is 8.78 Å². The van der Waals surface area contributed by atoms with E-state index in [1.165, 1.54) is 12.3 Å². The number of benzene rings is 2. The van der Waals surface area contributed by atoms with Crippen molar-refractivity contribution in [3.05, 3.63) is 63.6 Å². The molecule has 0 aliphatic heterocycles. The van der Waals surface area contributed by atoms with Gasteiger partial charge >= 0.3 is 0 Å². The standard InChI is InChI=1S/C13H8Cl2F2N2/c14-10-3-2-9(6-11(10)15)19-18-7-8-1-4-12(16)13(17)5-8/h1-7,19H/b18-7-. The fourth-order valence-corrected chi connectivity index (χ4v) is 1.64. The molecule has 0 heterocycles. The van der Waals surface area contributed by atoms with Crippen LogP contribution in [0.15, 0.2) is 41.5 Å². The lowest BCUT2D eigenvalue weighted by molar-refractivity contribution is 0.508. The van der Waals surface area contributed by atoms with Crippen LogP contribution < -0.4 is 5.43 Å². The zero-order chi connectivity index (χ0) is 13.8. The highest BCUT2D eigenvalue weighted by Gasteiger charge is 2.01. The second-order valence-electron chi connectivity index (χ2n) is 3.67. The van der Waals surface area contributed by atoms with Crippen molar-refractivity contribution in [3.8, 4) is 0 Å². The highest BCUT2D eigenvalue weighted by Crippen LogP contribution is 2.24. The lowest BCUT2D eigenvalue weighted by Crippen LogP contribution is -1.92. The maximum Gasteiger partial charge on any atom is 0.159 e. The van der Waals surface area contributed by atoms with Gasteiger partial charge in [-0.25, -0.2) is 8.78 Å². The highest BCUT2D eigenvalue weighted by atomic mass is 35.5. The molecule has 2 rings (SSSR count). The molecule has 0 fully saturated rings. The predicted octanol–water partition coefficient (Wildman–Crippen LogP) is 4.72. The van der Waals surface area contributed by atoms with Gasteiger partial charge in [-0.05, 0) is 35.9 Å². The first-order valence-corrected chi connectivity index (χ1v) is 6.01. The van der Waals surface area contributed by atoms with Gasteiger partial charge in [0.1, 0.15) is 0 Å². The molecule has 98 valence electrons. The van der Waals surface area contributed by atoms with Crippen LogP contribution in [-0.2, 0) is 0 Å². The van der Waals surface area contributed by atoms with Gasteiger partial charge in [-0.15, -0.1) is 0 Å². The van der Waals surface area contributed by atoms with Crippen LogP contribution in [0.4, 0.5) is 14.5 Å². The van der Waals surface area contributed by atoms with Crippen LogP contribution >= 0.6 is 23.2 Å². The molecule has 0 aromatic heterocycles. The van der Waals surface area contributed by atoms with Crippen LogP contribution in [0.2, 0.25) is 10.0 Å². The van der Waals surface area contributed by atoms with Crippen LogP contribution in [0, 0.1) is 11.6 Å². The molecule has 2 aromatic carbocycles. The molecular formula is C13H8Cl2F2N2. The summed E-state index contributed by atoms with van der Waals surface area (Å²) in [6.45, 7) is 0. The molecule has 0 saturated carbocycles. The minimum atomic E-state index is -0.918. The quantitative estimate of drug-likeness (QED) is 0.644. The molecule has 0 aliphatic carbocycles. The van der Waals surface area contributed by atoms with Crippen molar-refractivity contribution in [2.45, 2.75) is 0 Å². The average Bonchev–Trinajstić information content (AvgIpc) is 2.38. The van der Waals surface area contributed by atoms with E-state index < -0.39 is 11.6 Å². The van der Waals surface area contributed by atoms with Crippen LogP contribution in [0.5, 0.6) is 0 Å². The molecular weight excluding hydrogens is 293 g/mol. The van der Waals surface area contributed by atoms with E-state index in [1.807, 2.05) is 0 Å². The minimum Gasteiger partial charge on any atom is -0.278 e. The summed E-state index contributed by atoms with van der Waals surface area (Å²) < 4.78 is 25.6. The van der Waals surface area contributed by atoms with Gasteiger partial charge in [0.2, 0.25) is 0 Å². The van der Waals surface area contributed by atoms with Gasteiger partial charge in [-0.1, -0.05) is 29.3 Å². The summed E-state index contributed by atoms with van der Waals surface area (Å²) in [5.74, 6) is -1.81. The van der Waals surface area contributed by atoms with E-state index in [0.29, 0.717) is 21.3 Å². The summed E-state index contributed by atoms with van der Waals surface area (Å²) in [4.78, 5) is 0. The summed E-state index contributed by atoms with van der Waals surface area (Å²) >= 11 is 11.6. The van der Waals surface area contributed by atoms with E-state index in [0.717, 1.165) is 12.1 Å². The zero-order valence-electron chi connectivity index (χ0n) is 9.50. The maximum atomic E-state index is 12.9. The van der Waals surface area contributed by atoms with Crippen molar-refractivity contribution >= 4 is 35.1 Å². The third kappa shape index (κ3) is 3.66. The maximum absolute atomic E-state index is 12.9. The van der Waals surface area contributed by atoms with E-state index in [-0.39, 0.29) is 0 Å². The Bertz CT molecular complexity index is 630. The van der Waals surface area contributed by atoms with Crippen LogP contribution in [0.3, 0.4) is 0 Å². The second kappa shape index (κ2) is 5.99. The molecule has 0 saturated heterocycles. The molecule has 0 radical (unpaired) electrons. The van der Waals surface area contributed by atoms with Gasteiger partial charge in [0.25, 0.3) is 0 Å². The Morgan fingerprint density at radius 2 is 1.74 bits per heavy atom. The molecule has 1 N–H and O–H groups in total. The SMILES string of the molecule is Fc1ccc(/C=N\Nc2ccc(Cl)c(Cl)c2)cc1F. The number of hydrazone groups is 1. The van der Waals surface area contributed by atoms with E-state index >= 15 is 0 Å². The normalized spacial score (nSPS) is 10.9. The molecule has 0 spiro atoms. The fraction of sp³-hybridized carbons (Fsp3) is 0. The van der Waals surface area contributed by atoms with Crippen molar-refractivity contribution in [1.82, 2.24) is 0 Å². The molecule has 6 heteroatoms. The number of nitrogens with zero attached hydrogens (tertiary/aromatic N) is 1. The summed E-state index contributed by atoms with van der Waals surface area (Å²) in [7, 11) is 0. The van der Waals surface area contributed by atoms with Crippen LogP contribution in [0.25, 0.3) is 0 Å². The number of anilines is 1. The Labute approximate surface area is 118 Å². The Morgan fingerprint density at radius 3 is 2.42 bits per heavy atom. The van der Waals surface area contributed by atoms with Gasteiger partial charge in [0, 0.05) is 0 Å². The summed E-state index contributed by atoms with van der Waals surface area (Å²) in [6, 6.07) is 8.42. The van der Waals surface area contributed by atoms with Crippen molar-refractivity contribution in [2.75, 3.05) is 5.43 Å². The van der Waals surface area contributed by atoms with Crippen LogP contribution in [-0.4, -0.2) is 6.21 Å². The number of hydrogen-bond acceptors (Lipinski definition) is 2. The van der Waals surface area contributed by atoms with Gasteiger partial charge < -0.3 is 0 Å².